The van der Waals surface area contributed by atoms with Crippen molar-refractivity contribution in [2.75, 3.05) is 11.9 Å². The summed E-state index contributed by atoms with van der Waals surface area (Å²) in [6, 6.07) is 8.54. The molecule has 1 fully saturated rings. The zero-order valence-corrected chi connectivity index (χ0v) is 16.5. The standard InChI is InChI=1S/C20H20N4O3S/c1-12-11-28-19(21-12)14-5-3-6-15(10-14)20(26)24-8-4-7-16(24)18(25)22-17-9-13(2)27-23-17/h3,5-6,9-11,16H,4,7-8H2,1-2H3,(H,22,23,25)/t16-/m0/s1. The van der Waals surface area contributed by atoms with Crippen LogP contribution in [0.15, 0.2) is 40.2 Å². The molecule has 1 aliphatic rings. The number of hydrogen-bond donors (Lipinski definition) is 1. The number of aromatic nitrogens is 2. The van der Waals surface area contributed by atoms with Crippen LogP contribution in [0.4, 0.5) is 5.82 Å². The normalized spacial score (nSPS) is 16.4. The monoisotopic (exact) mass is 396 g/mol. The Bertz CT molecular complexity index is 1030. The summed E-state index contributed by atoms with van der Waals surface area (Å²) < 4.78 is 4.98. The maximum absolute atomic E-state index is 13.1. The summed E-state index contributed by atoms with van der Waals surface area (Å²) in [7, 11) is 0. The van der Waals surface area contributed by atoms with Crippen molar-refractivity contribution in [1.29, 1.82) is 0 Å². The highest BCUT2D eigenvalue weighted by molar-refractivity contribution is 7.13. The maximum Gasteiger partial charge on any atom is 0.254 e. The fourth-order valence-corrected chi connectivity index (χ4v) is 4.15. The molecule has 1 aromatic carbocycles. The number of thiazole rings is 1. The van der Waals surface area contributed by atoms with Crippen LogP contribution >= 0.6 is 11.3 Å². The minimum atomic E-state index is -0.518. The lowest BCUT2D eigenvalue weighted by Gasteiger charge is -2.23. The molecule has 1 atom stereocenters. The lowest BCUT2D eigenvalue weighted by atomic mass is 10.1. The molecular weight excluding hydrogens is 376 g/mol. The van der Waals surface area contributed by atoms with Gasteiger partial charge in [0.2, 0.25) is 5.91 Å². The van der Waals surface area contributed by atoms with Crippen molar-refractivity contribution in [2.45, 2.75) is 32.7 Å². The minimum Gasteiger partial charge on any atom is -0.360 e. The van der Waals surface area contributed by atoms with Crippen LogP contribution in [0.25, 0.3) is 10.6 Å². The van der Waals surface area contributed by atoms with Crippen molar-refractivity contribution in [1.82, 2.24) is 15.0 Å². The summed E-state index contributed by atoms with van der Waals surface area (Å²) in [6.07, 6.45) is 1.41. The molecule has 1 saturated heterocycles. The highest BCUT2D eigenvalue weighted by Gasteiger charge is 2.35. The molecule has 3 heterocycles. The van der Waals surface area contributed by atoms with Gasteiger partial charge in [0.05, 0.1) is 0 Å². The van der Waals surface area contributed by atoms with Crippen LogP contribution in [0, 0.1) is 13.8 Å². The van der Waals surface area contributed by atoms with Crippen molar-refractivity contribution in [3.05, 3.63) is 52.7 Å². The van der Waals surface area contributed by atoms with Crippen LogP contribution in [0.5, 0.6) is 0 Å². The smallest absolute Gasteiger partial charge is 0.254 e. The zero-order valence-electron chi connectivity index (χ0n) is 15.6. The molecule has 28 heavy (non-hydrogen) atoms. The van der Waals surface area contributed by atoms with Crippen molar-refractivity contribution in [3.8, 4) is 10.6 Å². The van der Waals surface area contributed by atoms with E-state index in [9.17, 15) is 9.59 Å². The predicted molar refractivity (Wildman–Crippen MR) is 106 cm³/mol. The van der Waals surface area contributed by atoms with E-state index in [4.69, 9.17) is 4.52 Å². The summed E-state index contributed by atoms with van der Waals surface area (Å²) in [5.74, 6) is 0.585. The molecule has 7 nitrogen and oxygen atoms in total. The van der Waals surface area contributed by atoms with Crippen LogP contribution < -0.4 is 5.32 Å². The lowest BCUT2D eigenvalue weighted by molar-refractivity contribution is -0.119. The van der Waals surface area contributed by atoms with Crippen LogP contribution in [-0.4, -0.2) is 39.4 Å². The van der Waals surface area contributed by atoms with E-state index in [1.54, 1.807) is 35.3 Å². The SMILES string of the molecule is Cc1csc(-c2cccc(C(=O)N3CCC[C@H]3C(=O)Nc3cc(C)on3)c2)n1. The first-order valence-corrected chi connectivity index (χ1v) is 9.97. The Balaban J connectivity index is 1.52. The molecule has 0 spiro atoms. The fraction of sp³-hybridized carbons (Fsp3) is 0.300. The van der Waals surface area contributed by atoms with Crippen molar-refractivity contribution in [2.24, 2.45) is 0 Å². The molecule has 3 aromatic rings. The molecular formula is C20H20N4O3S. The van der Waals surface area contributed by atoms with Gasteiger partial charge in [0, 0.05) is 34.8 Å². The molecule has 2 aromatic heterocycles. The predicted octanol–water partition coefficient (Wildman–Crippen LogP) is 3.66. The van der Waals surface area contributed by atoms with E-state index in [1.807, 2.05) is 30.5 Å². The number of aryl methyl sites for hydroxylation is 2. The van der Waals surface area contributed by atoms with Gasteiger partial charge in [-0.2, -0.15) is 0 Å². The molecule has 1 N–H and O–H groups in total. The number of carbonyl (C=O) groups excluding carboxylic acids is 2. The number of likely N-dealkylation sites (tertiary alicyclic amines) is 1. The second-order valence-electron chi connectivity index (χ2n) is 6.84. The first-order valence-electron chi connectivity index (χ1n) is 9.09. The van der Waals surface area contributed by atoms with Gasteiger partial charge in [0.25, 0.3) is 5.91 Å². The van der Waals surface area contributed by atoms with Gasteiger partial charge in [-0.15, -0.1) is 11.3 Å². The van der Waals surface area contributed by atoms with Gasteiger partial charge in [-0.3, -0.25) is 9.59 Å². The molecule has 8 heteroatoms. The van der Waals surface area contributed by atoms with Crippen molar-refractivity contribution < 1.29 is 14.1 Å². The zero-order chi connectivity index (χ0) is 19.7. The summed E-state index contributed by atoms with van der Waals surface area (Å²) in [6.45, 7) is 4.25. The van der Waals surface area contributed by atoms with Crippen LogP contribution in [0.3, 0.4) is 0 Å². The van der Waals surface area contributed by atoms with Crippen molar-refractivity contribution in [3.63, 3.8) is 0 Å². The third-order valence-electron chi connectivity index (χ3n) is 4.67. The van der Waals surface area contributed by atoms with Gasteiger partial charge in [-0.25, -0.2) is 4.98 Å². The molecule has 0 radical (unpaired) electrons. The van der Waals surface area contributed by atoms with E-state index in [0.717, 1.165) is 22.7 Å². The third-order valence-corrected chi connectivity index (χ3v) is 5.68. The summed E-state index contributed by atoms with van der Waals surface area (Å²) >= 11 is 1.55. The Morgan fingerprint density at radius 3 is 2.86 bits per heavy atom. The van der Waals surface area contributed by atoms with Gasteiger partial charge in [-0.05, 0) is 38.8 Å². The summed E-state index contributed by atoms with van der Waals surface area (Å²) in [5.41, 5.74) is 2.42. The highest BCUT2D eigenvalue weighted by Crippen LogP contribution is 2.27. The topological polar surface area (TPSA) is 88.3 Å². The summed E-state index contributed by atoms with van der Waals surface area (Å²) in [4.78, 5) is 31.9. The quantitative estimate of drug-likeness (QED) is 0.727. The largest absolute Gasteiger partial charge is 0.360 e. The summed E-state index contributed by atoms with van der Waals surface area (Å²) in [5, 5.41) is 9.38. The fourth-order valence-electron chi connectivity index (χ4n) is 3.35. The highest BCUT2D eigenvalue weighted by atomic mass is 32.1. The maximum atomic E-state index is 13.1. The molecule has 0 unspecified atom stereocenters. The van der Waals surface area contributed by atoms with Crippen LogP contribution in [-0.2, 0) is 4.79 Å². The van der Waals surface area contributed by atoms with Crippen LogP contribution in [0.2, 0.25) is 0 Å². The van der Waals surface area contributed by atoms with E-state index in [0.29, 0.717) is 30.1 Å². The number of benzene rings is 1. The van der Waals surface area contributed by atoms with Gasteiger partial charge in [0.1, 0.15) is 16.8 Å². The lowest BCUT2D eigenvalue weighted by Crippen LogP contribution is -2.43. The Labute approximate surface area is 166 Å². The van der Waals surface area contributed by atoms with Gasteiger partial charge < -0.3 is 14.7 Å². The Morgan fingerprint density at radius 2 is 2.14 bits per heavy atom. The van der Waals surface area contributed by atoms with Gasteiger partial charge in [-0.1, -0.05) is 17.3 Å². The minimum absolute atomic E-state index is 0.149. The Hall–Kier alpha value is -3.00. The Kier molecular flexibility index (Phi) is 4.95. The molecule has 2 amide bonds. The Morgan fingerprint density at radius 1 is 1.29 bits per heavy atom. The number of carbonyl (C=O) groups is 2. The van der Waals surface area contributed by atoms with Crippen LogP contribution in [0.1, 0.15) is 34.7 Å². The van der Waals surface area contributed by atoms with E-state index >= 15 is 0 Å². The average molecular weight is 396 g/mol. The van der Waals surface area contributed by atoms with E-state index in [1.165, 1.54) is 0 Å². The first-order chi connectivity index (χ1) is 13.5. The average Bonchev–Trinajstić information content (AvgIpc) is 3.42. The molecule has 144 valence electrons. The number of hydrogen-bond acceptors (Lipinski definition) is 6. The molecule has 0 saturated carbocycles. The van der Waals surface area contributed by atoms with E-state index in [-0.39, 0.29) is 11.8 Å². The first kappa shape index (κ1) is 18.4. The van der Waals surface area contributed by atoms with Gasteiger partial charge in [0.15, 0.2) is 5.82 Å². The van der Waals surface area contributed by atoms with Crippen molar-refractivity contribution >= 4 is 29.0 Å². The molecule has 0 bridgehead atoms. The third kappa shape index (κ3) is 3.68. The second-order valence-corrected chi connectivity index (χ2v) is 7.70. The number of nitrogens with one attached hydrogen (secondary N) is 1. The molecule has 0 aliphatic carbocycles. The number of rotatable bonds is 4. The molecule has 1 aliphatic heterocycles. The molecule has 4 rings (SSSR count). The number of amides is 2. The van der Waals surface area contributed by atoms with E-state index in [2.05, 4.69) is 15.5 Å². The van der Waals surface area contributed by atoms with E-state index < -0.39 is 6.04 Å². The van der Waals surface area contributed by atoms with Gasteiger partial charge >= 0.3 is 0 Å². The number of anilines is 1. The second kappa shape index (κ2) is 7.55. The number of nitrogens with zero attached hydrogens (tertiary/aromatic N) is 3.